The average Bonchev–Trinajstić information content (AvgIpc) is 3.00. The van der Waals surface area contributed by atoms with Crippen LogP contribution in [0.25, 0.3) is 0 Å². The third kappa shape index (κ3) is 7.39. The molecule has 0 radical (unpaired) electrons. The summed E-state index contributed by atoms with van der Waals surface area (Å²) in [7, 11) is 0. The molecule has 3 atom stereocenters. The van der Waals surface area contributed by atoms with Crippen LogP contribution in [0, 0.1) is 17.3 Å². The van der Waals surface area contributed by atoms with Crippen LogP contribution in [0.4, 0.5) is 0 Å². The standard InChI is InChI=1S/C32H45N5O5/c33-29(39)24-9-16-37(17-10-24)28(38)22-36-15-11-26-25(21-36)8-4-5-12-32(13-18-42-19-14-32)31(41)35-27(30(40)34-26)20-23-6-2-1-3-7-23/h1-7,24-27H,8-22H2,(H2,33,39)(H,34,40)(H,35,41)/t25-,26+,27+/m0/s1. The molecule has 4 aliphatic heterocycles. The van der Waals surface area contributed by atoms with Gasteiger partial charge in [0.25, 0.3) is 0 Å². The molecule has 4 aliphatic rings. The molecule has 0 aromatic heterocycles. The van der Waals surface area contributed by atoms with Crippen molar-refractivity contribution in [3.63, 3.8) is 0 Å². The third-order valence-electron chi connectivity index (χ3n) is 9.70. The minimum atomic E-state index is -0.674. The number of nitrogens with zero attached hydrogens (tertiary/aromatic N) is 2. The number of carbonyl (C=O) groups excluding carboxylic acids is 4. The second kappa shape index (κ2) is 13.8. The Morgan fingerprint density at radius 3 is 2.43 bits per heavy atom. The Balaban J connectivity index is 1.29. The van der Waals surface area contributed by atoms with Gasteiger partial charge >= 0.3 is 0 Å². The van der Waals surface area contributed by atoms with Crippen LogP contribution in [-0.4, -0.2) is 91.4 Å². The smallest absolute Gasteiger partial charge is 0.243 e. The summed E-state index contributed by atoms with van der Waals surface area (Å²) in [5, 5.41) is 6.43. The maximum absolute atomic E-state index is 13.8. The number of nitrogens with one attached hydrogen (secondary N) is 2. The van der Waals surface area contributed by atoms with Crippen molar-refractivity contribution < 1.29 is 23.9 Å². The molecule has 5 rings (SSSR count). The number of likely N-dealkylation sites (tertiary alicyclic amines) is 2. The lowest BCUT2D eigenvalue weighted by Crippen LogP contribution is -2.58. The fourth-order valence-corrected chi connectivity index (χ4v) is 6.90. The van der Waals surface area contributed by atoms with Gasteiger partial charge in [-0.15, -0.1) is 0 Å². The van der Waals surface area contributed by atoms with Gasteiger partial charge in [0.15, 0.2) is 0 Å². The van der Waals surface area contributed by atoms with Crippen LogP contribution < -0.4 is 16.4 Å². The highest BCUT2D eigenvalue weighted by molar-refractivity contribution is 5.90. The predicted octanol–water partition coefficient (Wildman–Crippen LogP) is 1.39. The molecule has 10 heteroatoms. The zero-order valence-electron chi connectivity index (χ0n) is 24.5. The Morgan fingerprint density at radius 2 is 1.71 bits per heavy atom. The first-order chi connectivity index (χ1) is 20.3. The number of hydrogen-bond acceptors (Lipinski definition) is 6. The van der Waals surface area contributed by atoms with Crippen LogP contribution in [-0.2, 0) is 30.3 Å². The molecule has 0 unspecified atom stereocenters. The average molecular weight is 580 g/mol. The largest absolute Gasteiger partial charge is 0.381 e. The van der Waals surface area contributed by atoms with E-state index >= 15 is 0 Å². The van der Waals surface area contributed by atoms with Crippen LogP contribution in [0.5, 0.6) is 0 Å². The van der Waals surface area contributed by atoms with Crippen LogP contribution in [0.2, 0.25) is 0 Å². The van der Waals surface area contributed by atoms with Gasteiger partial charge in [0.2, 0.25) is 23.6 Å². The van der Waals surface area contributed by atoms with Gasteiger partial charge in [-0.2, -0.15) is 0 Å². The Labute approximate surface area is 248 Å². The number of fused-ring (bicyclic) bond motifs is 1. The lowest BCUT2D eigenvalue weighted by atomic mass is 9.75. The zero-order chi connectivity index (χ0) is 29.5. The lowest BCUT2D eigenvalue weighted by Gasteiger charge is -2.41. The zero-order valence-corrected chi connectivity index (χ0v) is 24.5. The molecule has 10 nitrogen and oxygen atoms in total. The minimum Gasteiger partial charge on any atom is -0.381 e. The highest BCUT2D eigenvalue weighted by Gasteiger charge is 2.41. The maximum atomic E-state index is 13.8. The van der Waals surface area contributed by atoms with Gasteiger partial charge in [-0.3, -0.25) is 24.1 Å². The number of primary amides is 1. The van der Waals surface area contributed by atoms with Crippen LogP contribution in [0.3, 0.4) is 0 Å². The van der Waals surface area contributed by atoms with E-state index in [2.05, 4.69) is 27.7 Å². The first kappa shape index (κ1) is 30.2. The molecule has 42 heavy (non-hydrogen) atoms. The second-order valence-electron chi connectivity index (χ2n) is 12.5. The molecule has 1 aromatic carbocycles. The molecule has 0 saturated carbocycles. The SMILES string of the molecule is NC(=O)C1CCN(C(=O)CN2CC[C@H]3NC(=O)[C@@H](Cc4ccccc4)NC(=O)C4(CC=CC[C@H]3C2)CCOCC4)CC1. The first-order valence-corrected chi connectivity index (χ1v) is 15.5. The van der Waals surface area contributed by atoms with E-state index in [0.717, 1.165) is 18.4 Å². The molecule has 4 amide bonds. The molecular weight excluding hydrogens is 534 g/mol. The van der Waals surface area contributed by atoms with Crippen molar-refractivity contribution >= 4 is 23.6 Å². The number of allylic oxidation sites excluding steroid dienone is 2. The van der Waals surface area contributed by atoms with E-state index in [1.54, 1.807) is 0 Å². The first-order valence-electron chi connectivity index (χ1n) is 15.5. The van der Waals surface area contributed by atoms with Crippen LogP contribution in [0.15, 0.2) is 42.5 Å². The highest BCUT2D eigenvalue weighted by atomic mass is 16.5. The molecule has 4 N–H and O–H groups in total. The summed E-state index contributed by atoms with van der Waals surface area (Å²) in [6.07, 6.45) is 9.30. The number of ether oxygens (including phenoxy) is 1. The summed E-state index contributed by atoms with van der Waals surface area (Å²) in [6.45, 7) is 3.92. The predicted molar refractivity (Wildman–Crippen MR) is 158 cm³/mol. The third-order valence-corrected chi connectivity index (χ3v) is 9.70. The Kier molecular flexibility index (Phi) is 9.95. The fraction of sp³-hybridized carbons (Fsp3) is 0.625. The normalized spacial score (nSPS) is 27.7. The van der Waals surface area contributed by atoms with Crippen molar-refractivity contribution in [1.29, 1.82) is 0 Å². The van der Waals surface area contributed by atoms with Crippen molar-refractivity contribution in [3.8, 4) is 0 Å². The van der Waals surface area contributed by atoms with Crippen molar-refractivity contribution in [2.75, 3.05) is 45.9 Å². The summed E-state index contributed by atoms with van der Waals surface area (Å²) < 4.78 is 5.59. The molecule has 1 aromatic rings. The van der Waals surface area contributed by atoms with E-state index in [-0.39, 0.29) is 41.5 Å². The minimum absolute atomic E-state index is 0.0496. The van der Waals surface area contributed by atoms with Gasteiger partial charge in [-0.25, -0.2) is 0 Å². The van der Waals surface area contributed by atoms with Crippen molar-refractivity contribution in [2.45, 2.75) is 63.5 Å². The molecule has 3 saturated heterocycles. The van der Waals surface area contributed by atoms with Crippen molar-refractivity contribution in [1.82, 2.24) is 20.4 Å². The summed E-state index contributed by atoms with van der Waals surface area (Å²) in [6, 6.07) is 9.08. The van der Waals surface area contributed by atoms with Crippen LogP contribution in [0.1, 0.15) is 50.5 Å². The van der Waals surface area contributed by atoms with Crippen molar-refractivity contribution in [3.05, 3.63) is 48.0 Å². The van der Waals surface area contributed by atoms with Gasteiger partial charge < -0.3 is 26.0 Å². The topological polar surface area (TPSA) is 134 Å². The summed E-state index contributed by atoms with van der Waals surface area (Å²) >= 11 is 0. The number of nitrogens with two attached hydrogens (primary N) is 1. The summed E-state index contributed by atoms with van der Waals surface area (Å²) in [5.41, 5.74) is 5.86. The molecule has 3 fully saturated rings. The van der Waals surface area contributed by atoms with Gasteiger partial charge in [-0.05, 0) is 56.4 Å². The lowest BCUT2D eigenvalue weighted by molar-refractivity contribution is -0.140. The Morgan fingerprint density at radius 1 is 0.976 bits per heavy atom. The number of rotatable bonds is 5. The number of piperidine rings is 2. The van der Waals surface area contributed by atoms with Crippen molar-refractivity contribution in [2.24, 2.45) is 23.0 Å². The van der Waals surface area contributed by atoms with E-state index < -0.39 is 11.5 Å². The van der Waals surface area contributed by atoms with E-state index in [9.17, 15) is 19.2 Å². The maximum Gasteiger partial charge on any atom is 0.243 e. The van der Waals surface area contributed by atoms with E-state index in [1.165, 1.54) is 0 Å². The Hall–Kier alpha value is -3.24. The number of hydrogen-bond donors (Lipinski definition) is 3. The van der Waals surface area contributed by atoms with E-state index in [0.29, 0.717) is 84.5 Å². The van der Waals surface area contributed by atoms with Gasteiger partial charge in [0.1, 0.15) is 6.04 Å². The second-order valence-corrected chi connectivity index (χ2v) is 12.5. The molecule has 0 aliphatic carbocycles. The van der Waals surface area contributed by atoms with E-state index in [4.69, 9.17) is 10.5 Å². The highest BCUT2D eigenvalue weighted by Crippen LogP contribution is 2.36. The number of benzene rings is 1. The monoisotopic (exact) mass is 579 g/mol. The molecule has 228 valence electrons. The quantitative estimate of drug-likeness (QED) is 0.452. The molecule has 0 bridgehead atoms. The summed E-state index contributed by atoms with van der Waals surface area (Å²) in [5.74, 6) is -0.434. The fourth-order valence-electron chi connectivity index (χ4n) is 6.90. The number of amides is 4. The molecular formula is C32H45N5O5. The molecule has 1 spiro atoms. The van der Waals surface area contributed by atoms with Gasteiger partial charge in [0.05, 0.1) is 12.0 Å². The van der Waals surface area contributed by atoms with Crippen LogP contribution >= 0.6 is 0 Å². The summed E-state index contributed by atoms with van der Waals surface area (Å²) in [4.78, 5) is 56.2. The van der Waals surface area contributed by atoms with E-state index in [1.807, 2.05) is 35.2 Å². The Bertz CT molecular complexity index is 1140. The molecule has 4 heterocycles. The number of carbonyl (C=O) groups is 4. The van der Waals surface area contributed by atoms with Gasteiger partial charge in [-0.1, -0.05) is 42.5 Å². The van der Waals surface area contributed by atoms with Gasteiger partial charge in [0, 0.05) is 57.8 Å².